The number of benzene rings is 3. The van der Waals surface area contributed by atoms with E-state index in [1.807, 2.05) is 45.2 Å². The Morgan fingerprint density at radius 1 is 1.00 bits per heavy atom. The number of ether oxygens (including phenoxy) is 1. The molecule has 1 fully saturated rings. The highest BCUT2D eigenvalue weighted by atomic mass is 16.5. The largest absolute Gasteiger partial charge is 0.461 e. The third-order valence-electron chi connectivity index (χ3n) is 9.51. The molecule has 48 heavy (non-hydrogen) atoms. The standard InChI is InChI=1S/C40H50N6O2/c1-25(2)24-48-40(47)39-38(34-19-27(5)9-12-37(34)44-39)35(41)23-46(42)22-28-14-17-45(18-15-28)21-29-10-11-31(33(20-29)26(3)4)30-7-6-8-36-32(30)13-16-43-36/h6-13,16,19-20,23,25-26,28,43-44H,14-15,17-18,21-22,24,41-42H2,1-5H3/b35-23-. The Labute approximate surface area is 284 Å². The number of hydrazine groups is 1. The van der Waals surface area contributed by atoms with E-state index >= 15 is 0 Å². The van der Waals surface area contributed by atoms with Crippen molar-refractivity contribution in [2.45, 2.75) is 59.9 Å². The van der Waals surface area contributed by atoms with Crippen LogP contribution in [-0.2, 0) is 11.3 Å². The van der Waals surface area contributed by atoms with Gasteiger partial charge in [0, 0.05) is 52.9 Å². The number of likely N-dealkylation sites (tertiary alicyclic amines) is 1. The molecule has 1 aliphatic heterocycles. The summed E-state index contributed by atoms with van der Waals surface area (Å²) < 4.78 is 5.57. The number of nitrogens with one attached hydrogen (secondary N) is 2. The number of aromatic amines is 2. The van der Waals surface area contributed by atoms with Crippen molar-refractivity contribution < 1.29 is 9.53 Å². The summed E-state index contributed by atoms with van der Waals surface area (Å²) in [6.45, 7) is 14.6. The second kappa shape index (κ2) is 14.3. The monoisotopic (exact) mass is 646 g/mol. The zero-order chi connectivity index (χ0) is 33.9. The molecule has 3 heterocycles. The molecule has 0 bridgehead atoms. The third kappa shape index (κ3) is 7.30. The van der Waals surface area contributed by atoms with E-state index in [0.717, 1.165) is 48.9 Å². The first-order valence-corrected chi connectivity index (χ1v) is 17.3. The number of H-pyrrole nitrogens is 2. The lowest BCUT2D eigenvalue weighted by molar-refractivity contribution is 0.0452. The quantitative estimate of drug-likeness (QED) is 0.0659. The van der Waals surface area contributed by atoms with E-state index in [-0.39, 0.29) is 5.92 Å². The number of carbonyl (C=O) groups is 1. The van der Waals surface area contributed by atoms with Crippen molar-refractivity contribution in [3.8, 4) is 11.1 Å². The minimum Gasteiger partial charge on any atom is -0.461 e. The van der Waals surface area contributed by atoms with Gasteiger partial charge >= 0.3 is 5.97 Å². The average molecular weight is 647 g/mol. The van der Waals surface area contributed by atoms with Crippen molar-refractivity contribution in [1.29, 1.82) is 0 Å². The topological polar surface area (TPSA) is 116 Å². The smallest absolute Gasteiger partial charge is 0.355 e. The molecule has 0 unspecified atom stereocenters. The molecule has 0 atom stereocenters. The normalized spacial score (nSPS) is 14.9. The zero-order valence-corrected chi connectivity index (χ0v) is 29.0. The number of aromatic nitrogens is 2. The first-order chi connectivity index (χ1) is 23.1. The van der Waals surface area contributed by atoms with Crippen LogP contribution in [0.15, 0.2) is 73.1 Å². The maximum atomic E-state index is 13.1. The minimum absolute atomic E-state index is 0.233. The van der Waals surface area contributed by atoms with Crippen LogP contribution in [0.4, 0.5) is 0 Å². The lowest BCUT2D eigenvalue weighted by Crippen LogP contribution is -2.39. The van der Waals surface area contributed by atoms with Crippen LogP contribution in [0.2, 0.25) is 0 Å². The first kappa shape index (κ1) is 33.4. The van der Waals surface area contributed by atoms with Crippen LogP contribution in [-0.4, -0.2) is 52.1 Å². The van der Waals surface area contributed by atoms with Crippen molar-refractivity contribution >= 4 is 33.5 Å². The molecule has 8 heteroatoms. The van der Waals surface area contributed by atoms with E-state index in [1.165, 1.54) is 33.2 Å². The fourth-order valence-electron chi connectivity index (χ4n) is 7.01. The van der Waals surface area contributed by atoms with Gasteiger partial charge in [0.2, 0.25) is 0 Å². The van der Waals surface area contributed by atoms with Crippen LogP contribution in [0.25, 0.3) is 38.6 Å². The lowest BCUT2D eigenvalue weighted by atomic mass is 9.89. The van der Waals surface area contributed by atoms with Gasteiger partial charge < -0.3 is 25.4 Å². The second-order valence-corrected chi connectivity index (χ2v) is 14.2. The Balaban J connectivity index is 1.10. The van der Waals surface area contributed by atoms with Crippen molar-refractivity contribution in [1.82, 2.24) is 19.9 Å². The molecule has 6 N–H and O–H groups in total. The fourth-order valence-corrected chi connectivity index (χ4v) is 7.01. The number of hydrogen-bond acceptors (Lipinski definition) is 6. The number of hydrogen-bond donors (Lipinski definition) is 4. The van der Waals surface area contributed by atoms with Gasteiger partial charge in [0.05, 0.1) is 12.3 Å². The van der Waals surface area contributed by atoms with E-state index in [2.05, 4.69) is 71.2 Å². The highest BCUT2D eigenvalue weighted by Gasteiger charge is 2.24. The van der Waals surface area contributed by atoms with Gasteiger partial charge in [-0.05, 0) is 97.1 Å². The molecule has 5 aromatic rings. The van der Waals surface area contributed by atoms with E-state index in [4.69, 9.17) is 16.3 Å². The summed E-state index contributed by atoms with van der Waals surface area (Å²) in [7, 11) is 0. The molecular formula is C40H50N6O2. The Kier molecular flexibility index (Phi) is 9.94. The summed E-state index contributed by atoms with van der Waals surface area (Å²) in [4.78, 5) is 22.2. The van der Waals surface area contributed by atoms with Gasteiger partial charge in [0.25, 0.3) is 0 Å². The Bertz CT molecular complexity index is 1920. The van der Waals surface area contributed by atoms with E-state index in [0.29, 0.717) is 41.9 Å². The maximum absolute atomic E-state index is 13.1. The summed E-state index contributed by atoms with van der Waals surface area (Å²) in [5, 5.41) is 3.84. The van der Waals surface area contributed by atoms with E-state index < -0.39 is 5.97 Å². The molecule has 252 valence electrons. The Morgan fingerprint density at radius 2 is 1.79 bits per heavy atom. The molecule has 0 spiro atoms. The number of piperidine rings is 1. The molecule has 1 saturated heterocycles. The van der Waals surface area contributed by atoms with Gasteiger partial charge in [-0.3, -0.25) is 4.90 Å². The van der Waals surface area contributed by atoms with E-state index in [9.17, 15) is 4.79 Å². The summed E-state index contributed by atoms with van der Waals surface area (Å²) >= 11 is 0. The number of nitrogens with zero attached hydrogens (tertiary/aromatic N) is 2. The lowest BCUT2D eigenvalue weighted by Gasteiger charge is -2.33. The molecule has 0 saturated carbocycles. The fraction of sp³-hybridized carbons (Fsp3) is 0.375. The summed E-state index contributed by atoms with van der Waals surface area (Å²) in [6.07, 6.45) is 5.90. The zero-order valence-electron chi connectivity index (χ0n) is 29.0. The predicted octanol–water partition coefficient (Wildman–Crippen LogP) is 7.91. The first-order valence-electron chi connectivity index (χ1n) is 17.3. The average Bonchev–Trinajstić information content (AvgIpc) is 3.69. The van der Waals surface area contributed by atoms with Gasteiger partial charge in [-0.1, -0.05) is 69.7 Å². The van der Waals surface area contributed by atoms with Gasteiger partial charge in [-0.25, -0.2) is 10.6 Å². The molecular weight excluding hydrogens is 596 g/mol. The summed E-state index contributed by atoms with van der Waals surface area (Å²) in [5.74, 6) is 7.23. The van der Waals surface area contributed by atoms with Crippen molar-refractivity contribution in [2.75, 3.05) is 26.2 Å². The van der Waals surface area contributed by atoms with Gasteiger partial charge in [-0.2, -0.15) is 0 Å². The molecule has 8 nitrogen and oxygen atoms in total. The van der Waals surface area contributed by atoms with Gasteiger partial charge in [-0.15, -0.1) is 0 Å². The van der Waals surface area contributed by atoms with Crippen LogP contribution in [0.1, 0.15) is 79.2 Å². The molecule has 1 aliphatic rings. The molecule has 0 radical (unpaired) electrons. The maximum Gasteiger partial charge on any atom is 0.355 e. The van der Waals surface area contributed by atoms with Crippen molar-refractivity contribution in [3.05, 3.63) is 101 Å². The Hall–Kier alpha value is -4.53. The van der Waals surface area contributed by atoms with Gasteiger partial charge in [0.1, 0.15) is 5.69 Å². The van der Waals surface area contributed by atoms with Crippen LogP contribution < -0.4 is 11.6 Å². The van der Waals surface area contributed by atoms with Crippen LogP contribution in [0, 0.1) is 18.8 Å². The third-order valence-corrected chi connectivity index (χ3v) is 9.51. The van der Waals surface area contributed by atoms with Gasteiger partial charge in [0.15, 0.2) is 0 Å². The molecule has 3 aromatic carbocycles. The number of esters is 1. The number of nitrogens with two attached hydrogens (primary N) is 2. The SMILES string of the molecule is Cc1ccc2[nH]c(C(=O)OCC(C)C)c(/C(N)=C/N(N)CC3CCN(Cc4ccc(-c5cccc6[nH]ccc56)c(C(C)C)c4)CC3)c2c1. The number of carbonyl (C=O) groups excluding carboxylic acids is 1. The minimum atomic E-state index is -0.409. The van der Waals surface area contributed by atoms with Crippen LogP contribution >= 0.6 is 0 Å². The van der Waals surface area contributed by atoms with Crippen molar-refractivity contribution in [3.63, 3.8) is 0 Å². The number of aryl methyl sites for hydroxylation is 1. The molecule has 0 amide bonds. The number of fused-ring (bicyclic) bond motifs is 2. The predicted molar refractivity (Wildman–Crippen MR) is 197 cm³/mol. The van der Waals surface area contributed by atoms with Crippen LogP contribution in [0.5, 0.6) is 0 Å². The highest BCUT2D eigenvalue weighted by molar-refractivity contribution is 6.04. The van der Waals surface area contributed by atoms with E-state index in [1.54, 1.807) is 11.2 Å². The molecule has 0 aliphatic carbocycles. The van der Waals surface area contributed by atoms with Crippen LogP contribution in [0.3, 0.4) is 0 Å². The Morgan fingerprint density at radius 3 is 2.54 bits per heavy atom. The number of rotatable bonds is 11. The molecule has 6 rings (SSSR count). The summed E-state index contributed by atoms with van der Waals surface area (Å²) in [6, 6.07) is 21.7. The second-order valence-electron chi connectivity index (χ2n) is 14.2. The molecule has 2 aromatic heterocycles. The highest BCUT2D eigenvalue weighted by Crippen LogP contribution is 2.35. The summed E-state index contributed by atoms with van der Waals surface area (Å²) in [5.41, 5.74) is 16.6. The van der Waals surface area contributed by atoms with Crippen molar-refractivity contribution in [2.24, 2.45) is 23.4 Å².